The summed E-state index contributed by atoms with van der Waals surface area (Å²) < 4.78 is 27.4. The van der Waals surface area contributed by atoms with E-state index in [1.54, 1.807) is 0 Å². The van der Waals surface area contributed by atoms with Crippen LogP contribution in [0.4, 0.5) is 0 Å². The number of nitrogens with zero attached hydrogens (tertiary/aromatic N) is 2. The van der Waals surface area contributed by atoms with Gasteiger partial charge in [-0.15, -0.1) is 0 Å². The highest BCUT2D eigenvalue weighted by Gasteiger charge is 2.36. The van der Waals surface area contributed by atoms with E-state index in [4.69, 9.17) is 0 Å². The molecule has 2 rings (SSSR count). The normalized spacial score (nSPS) is 26.2. The summed E-state index contributed by atoms with van der Waals surface area (Å²) in [6.45, 7) is 0.510. The number of likely N-dealkylation sites (tertiary alicyclic amines) is 1. The van der Waals surface area contributed by atoms with E-state index in [0.29, 0.717) is 12.6 Å². The Balaban J connectivity index is 1.96. The second kappa shape index (κ2) is 6.41. The first-order chi connectivity index (χ1) is 9.40. The van der Waals surface area contributed by atoms with Gasteiger partial charge in [0.15, 0.2) is 0 Å². The molecule has 1 saturated carbocycles. The fourth-order valence-electron chi connectivity index (χ4n) is 3.05. The van der Waals surface area contributed by atoms with Crippen LogP contribution in [0.3, 0.4) is 0 Å². The van der Waals surface area contributed by atoms with E-state index < -0.39 is 10.2 Å². The number of hydrogen-bond acceptors (Lipinski definition) is 3. The van der Waals surface area contributed by atoms with Crippen LogP contribution in [0, 0.1) is 0 Å². The topological polar surface area (TPSA) is 69.7 Å². The van der Waals surface area contributed by atoms with Gasteiger partial charge in [0, 0.05) is 39.1 Å². The summed E-state index contributed by atoms with van der Waals surface area (Å²) >= 11 is 0. The molecular formula is C13H25N3O3S. The molecule has 7 heteroatoms. The van der Waals surface area contributed by atoms with Gasteiger partial charge in [-0.25, -0.2) is 0 Å². The van der Waals surface area contributed by atoms with Crippen LogP contribution in [0.2, 0.25) is 0 Å². The van der Waals surface area contributed by atoms with Gasteiger partial charge in [-0.1, -0.05) is 25.7 Å². The van der Waals surface area contributed by atoms with Crippen LogP contribution in [0.1, 0.15) is 44.9 Å². The summed E-state index contributed by atoms with van der Waals surface area (Å²) in [5, 5.41) is 0. The smallest absolute Gasteiger partial charge is 0.279 e. The molecule has 0 radical (unpaired) electrons. The van der Waals surface area contributed by atoms with E-state index in [2.05, 4.69) is 4.72 Å². The number of carbonyl (C=O) groups excluding carboxylic acids is 1. The van der Waals surface area contributed by atoms with E-state index in [-0.39, 0.29) is 18.4 Å². The number of carbonyl (C=O) groups is 1. The lowest BCUT2D eigenvalue weighted by Gasteiger charge is -2.27. The van der Waals surface area contributed by atoms with E-state index in [9.17, 15) is 13.2 Å². The predicted octanol–water partition coefficient (Wildman–Crippen LogP) is 0.706. The highest BCUT2D eigenvalue weighted by molar-refractivity contribution is 7.87. The maximum atomic E-state index is 12.1. The predicted molar refractivity (Wildman–Crippen MR) is 77.4 cm³/mol. The first kappa shape index (κ1) is 15.7. The maximum Gasteiger partial charge on any atom is 0.279 e. The van der Waals surface area contributed by atoms with Crippen molar-refractivity contribution in [3.05, 3.63) is 0 Å². The van der Waals surface area contributed by atoms with Crippen LogP contribution in [0.25, 0.3) is 0 Å². The summed E-state index contributed by atoms with van der Waals surface area (Å²) in [7, 11) is -0.485. The second-order valence-electron chi connectivity index (χ2n) is 6.00. The largest absolute Gasteiger partial charge is 0.338 e. The molecule has 0 aromatic rings. The lowest BCUT2D eigenvalue weighted by molar-refractivity contribution is -0.129. The van der Waals surface area contributed by atoms with Crippen LogP contribution in [-0.2, 0) is 15.0 Å². The third-order valence-corrected chi connectivity index (χ3v) is 5.81. The molecule has 0 aromatic carbocycles. The molecule has 20 heavy (non-hydrogen) atoms. The van der Waals surface area contributed by atoms with Gasteiger partial charge in [0.2, 0.25) is 5.91 Å². The van der Waals surface area contributed by atoms with Crippen LogP contribution in [-0.4, -0.2) is 56.3 Å². The molecule has 1 N–H and O–H groups in total. The van der Waals surface area contributed by atoms with Gasteiger partial charge in [-0.2, -0.15) is 17.4 Å². The molecule has 1 amide bonds. The lowest BCUT2D eigenvalue weighted by atomic mass is 10.1. The summed E-state index contributed by atoms with van der Waals surface area (Å²) in [5.74, 6) is 0.0864. The van der Waals surface area contributed by atoms with Crippen LogP contribution in [0.15, 0.2) is 0 Å². The molecule has 1 heterocycles. The molecule has 0 aromatic heterocycles. The summed E-state index contributed by atoms with van der Waals surface area (Å²) in [5.41, 5.74) is 0. The fourth-order valence-corrected chi connectivity index (χ4v) is 3.84. The van der Waals surface area contributed by atoms with Crippen LogP contribution >= 0.6 is 0 Å². The standard InChI is InChI=1S/C13H25N3O3S/c1-15(2)20(18,19)14-11-9-13(17)16(10-11)12-7-5-3-4-6-8-12/h11-12,14H,3-10H2,1-2H3/t11-/m1/s1. The third kappa shape index (κ3) is 3.71. The van der Waals surface area contributed by atoms with Crippen LogP contribution < -0.4 is 4.72 Å². The highest BCUT2D eigenvalue weighted by atomic mass is 32.2. The zero-order chi connectivity index (χ0) is 14.8. The van der Waals surface area contributed by atoms with Crippen molar-refractivity contribution in [2.45, 2.75) is 57.0 Å². The Hall–Kier alpha value is -0.660. The van der Waals surface area contributed by atoms with Gasteiger partial charge < -0.3 is 4.90 Å². The minimum absolute atomic E-state index is 0.0864. The Morgan fingerprint density at radius 3 is 2.30 bits per heavy atom. The van der Waals surface area contributed by atoms with E-state index in [0.717, 1.165) is 17.1 Å². The zero-order valence-electron chi connectivity index (χ0n) is 12.3. The van der Waals surface area contributed by atoms with Gasteiger partial charge in [0.25, 0.3) is 10.2 Å². The Kier molecular flexibility index (Phi) is 5.04. The minimum atomic E-state index is -3.46. The molecular weight excluding hydrogens is 278 g/mol. The summed E-state index contributed by atoms with van der Waals surface area (Å²) in [6.07, 6.45) is 7.22. The van der Waals surface area contributed by atoms with Gasteiger partial charge in [0.05, 0.1) is 0 Å². The van der Waals surface area contributed by atoms with Gasteiger partial charge in [0.1, 0.15) is 0 Å². The first-order valence-electron chi connectivity index (χ1n) is 7.39. The summed E-state index contributed by atoms with van der Waals surface area (Å²) in [4.78, 5) is 14.0. The van der Waals surface area contributed by atoms with Crippen molar-refractivity contribution >= 4 is 16.1 Å². The van der Waals surface area contributed by atoms with E-state index in [1.165, 1.54) is 39.8 Å². The fraction of sp³-hybridized carbons (Fsp3) is 0.923. The number of amides is 1. The molecule has 6 nitrogen and oxygen atoms in total. The molecule has 1 saturated heterocycles. The SMILES string of the molecule is CN(C)S(=O)(=O)N[C@@H]1CC(=O)N(C2CCCCCC2)C1. The van der Waals surface area contributed by atoms with Crippen molar-refractivity contribution in [3.63, 3.8) is 0 Å². The Labute approximate surface area is 121 Å². The molecule has 116 valence electrons. The number of rotatable bonds is 4. The van der Waals surface area contributed by atoms with Crippen molar-refractivity contribution in [1.29, 1.82) is 0 Å². The molecule has 1 atom stereocenters. The Bertz CT molecular complexity index is 442. The molecule has 1 aliphatic carbocycles. The molecule has 2 aliphatic rings. The quantitative estimate of drug-likeness (QED) is 0.778. The van der Waals surface area contributed by atoms with Gasteiger partial charge >= 0.3 is 0 Å². The Morgan fingerprint density at radius 1 is 1.15 bits per heavy atom. The van der Waals surface area contributed by atoms with E-state index >= 15 is 0 Å². The zero-order valence-corrected chi connectivity index (χ0v) is 13.2. The molecule has 0 spiro atoms. The van der Waals surface area contributed by atoms with Crippen molar-refractivity contribution in [3.8, 4) is 0 Å². The minimum Gasteiger partial charge on any atom is -0.338 e. The highest BCUT2D eigenvalue weighted by Crippen LogP contribution is 2.26. The van der Waals surface area contributed by atoms with Crippen molar-refractivity contribution in [2.24, 2.45) is 0 Å². The van der Waals surface area contributed by atoms with Crippen molar-refractivity contribution in [1.82, 2.24) is 13.9 Å². The molecule has 0 bridgehead atoms. The monoisotopic (exact) mass is 303 g/mol. The molecule has 0 unspecified atom stereocenters. The lowest BCUT2D eigenvalue weighted by Crippen LogP contribution is -2.44. The second-order valence-corrected chi connectivity index (χ2v) is 7.91. The maximum absolute atomic E-state index is 12.1. The average Bonchev–Trinajstić information content (AvgIpc) is 2.59. The van der Waals surface area contributed by atoms with Gasteiger partial charge in [-0.3, -0.25) is 4.79 Å². The van der Waals surface area contributed by atoms with Crippen LogP contribution in [0.5, 0.6) is 0 Å². The average molecular weight is 303 g/mol. The molecule has 2 fully saturated rings. The first-order valence-corrected chi connectivity index (χ1v) is 8.83. The van der Waals surface area contributed by atoms with Gasteiger partial charge in [-0.05, 0) is 12.8 Å². The summed E-state index contributed by atoms with van der Waals surface area (Å²) in [6, 6.07) is 0.0111. The van der Waals surface area contributed by atoms with Crippen molar-refractivity contribution < 1.29 is 13.2 Å². The molecule has 1 aliphatic heterocycles. The van der Waals surface area contributed by atoms with Crippen molar-refractivity contribution in [2.75, 3.05) is 20.6 Å². The number of hydrogen-bond donors (Lipinski definition) is 1. The van der Waals surface area contributed by atoms with E-state index in [1.807, 2.05) is 4.90 Å². The third-order valence-electron chi connectivity index (χ3n) is 4.22. The Morgan fingerprint density at radius 2 is 1.75 bits per heavy atom. The number of nitrogens with one attached hydrogen (secondary N) is 1.